The predicted octanol–water partition coefficient (Wildman–Crippen LogP) is 2.55. The van der Waals surface area contributed by atoms with E-state index >= 15 is 0 Å². The standard InChI is InChI=1S/C12H14FN3O/c1-7-4-5-9(6-10(7)13)17-12-11(14)8(2)15-16(12)3/h4-6H,14H2,1-3H3. The van der Waals surface area contributed by atoms with Crippen molar-refractivity contribution in [3.05, 3.63) is 35.3 Å². The molecule has 4 nitrogen and oxygen atoms in total. The summed E-state index contributed by atoms with van der Waals surface area (Å²) >= 11 is 0. The summed E-state index contributed by atoms with van der Waals surface area (Å²) in [4.78, 5) is 0. The molecule has 0 radical (unpaired) electrons. The van der Waals surface area contributed by atoms with Crippen LogP contribution < -0.4 is 10.5 Å². The molecule has 0 bridgehead atoms. The zero-order valence-electron chi connectivity index (χ0n) is 9.99. The summed E-state index contributed by atoms with van der Waals surface area (Å²) in [6, 6.07) is 4.68. The van der Waals surface area contributed by atoms with Crippen LogP contribution in [0.15, 0.2) is 18.2 Å². The number of halogens is 1. The molecule has 2 N–H and O–H groups in total. The molecule has 0 amide bonds. The molecule has 0 atom stereocenters. The number of rotatable bonds is 2. The highest BCUT2D eigenvalue weighted by molar-refractivity contribution is 5.53. The quantitative estimate of drug-likeness (QED) is 0.870. The number of benzene rings is 1. The smallest absolute Gasteiger partial charge is 0.241 e. The van der Waals surface area contributed by atoms with Crippen LogP contribution in [0.5, 0.6) is 11.6 Å². The van der Waals surface area contributed by atoms with Gasteiger partial charge in [-0.25, -0.2) is 9.07 Å². The van der Waals surface area contributed by atoms with Gasteiger partial charge in [0.1, 0.15) is 17.3 Å². The van der Waals surface area contributed by atoms with Crippen LogP contribution in [0.2, 0.25) is 0 Å². The van der Waals surface area contributed by atoms with Crippen molar-refractivity contribution in [1.29, 1.82) is 0 Å². The third-order valence-electron chi connectivity index (χ3n) is 2.57. The minimum Gasteiger partial charge on any atom is -0.437 e. The Balaban J connectivity index is 2.34. The fraction of sp³-hybridized carbons (Fsp3) is 0.250. The van der Waals surface area contributed by atoms with Gasteiger partial charge in [-0.1, -0.05) is 6.07 Å². The van der Waals surface area contributed by atoms with Gasteiger partial charge in [-0.05, 0) is 25.5 Å². The molecule has 0 saturated carbocycles. The second-order valence-corrected chi connectivity index (χ2v) is 3.94. The van der Waals surface area contributed by atoms with Crippen molar-refractivity contribution in [2.24, 2.45) is 7.05 Å². The molecule has 2 aromatic rings. The van der Waals surface area contributed by atoms with Crippen LogP contribution in [0, 0.1) is 19.7 Å². The Hall–Kier alpha value is -2.04. The number of nitrogen functional groups attached to an aromatic ring is 1. The van der Waals surface area contributed by atoms with Crippen LogP contribution in [-0.2, 0) is 7.05 Å². The molecule has 17 heavy (non-hydrogen) atoms. The van der Waals surface area contributed by atoms with Crippen LogP contribution in [0.3, 0.4) is 0 Å². The molecule has 1 aromatic heterocycles. The van der Waals surface area contributed by atoms with E-state index in [4.69, 9.17) is 10.5 Å². The van der Waals surface area contributed by atoms with Crippen molar-refractivity contribution in [3.8, 4) is 11.6 Å². The van der Waals surface area contributed by atoms with Gasteiger partial charge in [0.15, 0.2) is 0 Å². The lowest BCUT2D eigenvalue weighted by molar-refractivity contribution is 0.429. The van der Waals surface area contributed by atoms with Crippen molar-refractivity contribution >= 4 is 5.69 Å². The van der Waals surface area contributed by atoms with E-state index < -0.39 is 0 Å². The van der Waals surface area contributed by atoms with Gasteiger partial charge in [-0.15, -0.1) is 0 Å². The first kappa shape index (κ1) is 11.4. The fourth-order valence-corrected chi connectivity index (χ4v) is 1.52. The lowest BCUT2D eigenvalue weighted by Gasteiger charge is -2.07. The Morgan fingerprint density at radius 2 is 2.06 bits per heavy atom. The van der Waals surface area contributed by atoms with Gasteiger partial charge in [0.25, 0.3) is 0 Å². The number of aryl methyl sites for hydroxylation is 3. The molecule has 0 spiro atoms. The highest BCUT2D eigenvalue weighted by Crippen LogP contribution is 2.29. The van der Waals surface area contributed by atoms with Gasteiger partial charge >= 0.3 is 0 Å². The van der Waals surface area contributed by atoms with Crippen molar-refractivity contribution in [2.45, 2.75) is 13.8 Å². The van der Waals surface area contributed by atoms with Crippen molar-refractivity contribution in [2.75, 3.05) is 5.73 Å². The maximum atomic E-state index is 13.4. The largest absolute Gasteiger partial charge is 0.437 e. The highest BCUT2D eigenvalue weighted by atomic mass is 19.1. The first-order valence-corrected chi connectivity index (χ1v) is 5.22. The van der Waals surface area contributed by atoms with Crippen LogP contribution in [-0.4, -0.2) is 9.78 Å². The molecule has 2 rings (SSSR count). The number of nitrogens with two attached hydrogens (primary N) is 1. The number of hydrogen-bond acceptors (Lipinski definition) is 3. The summed E-state index contributed by atoms with van der Waals surface area (Å²) in [7, 11) is 1.73. The Kier molecular flexibility index (Phi) is 2.75. The van der Waals surface area contributed by atoms with E-state index in [1.165, 1.54) is 10.7 Å². The van der Waals surface area contributed by atoms with Crippen molar-refractivity contribution in [1.82, 2.24) is 9.78 Å². The molecule has 5 heteroatoms. The average Bonchev–Trinajstić information content (AvgIpc) is 2.50. The van der Waals surface area contributed by atoms with E-state index in [0.29, 0.717) is 28.6 Å². The Bertz CT molecular complexity index is 563. The van der Waals surface area contributed by atoms with E-state index in [1.807, 2.05) is 0 Å². The molecule has 1 heterocycles. The molecule has 1 aromatic carbocycles. The number of hydrogen-bond donors (Lipinski definition) is 1. The maximum absolute atomic E-state index is 13.4. The molecule has 0 aliphatic rings. The van der Waals surface area contributed by atoms with E-state index in [-0.39, 0.29) is 5.82 Å². The molecular formula is C12H14FN3O. The van der Waals surface area contributed by atoms with Crippen LogP contribution >= 0.6 is 0 Å². The molecular weight excluding hydrogens is 221 g/mol. The van der Waals surface area contributed by atoms with Gasteiger partial charge in [0, 0.05) is 13.1 Å². The van der Waals surface area contributed by atoms with Gasteiger partial charge in [-0.2, -0.15) is 5.10 Å². The normalized spacial score (nSPS) is 10.6. The molecule has 0 unspecified atom stereocenters. The van der Waals surface area contributed by atoms with Gasteiger partial charge in [0.2, 0.25) is 5.88 Å². The second kappa shape index (κ2) is 4.08. The number of nitrogens with zero attached hydrogens (tertiary/aromatic N) is 2. The average molecular weight is 235 g/mol. The van der Waals surface area contributed by atoms with Gasteiger partial charge < -0.3 is 10.5 Å². The second-order valence-electron chi connectivity index (χ2n) is 3.94. The van der Waals surface area contributed by atoms with E-state index in [9.17, 15) is 4.39 Å². The summed E-state index contributed by atoms with van der Waals surface area (Å²) in [6.45, 7) is 3.49. The van der Waals surface area contributed by atoms with Gasteiger partial charge in [0.05, 0.1) is 5.69 Å². The third kappa shape index (κ3) is 2.08. The summed E-state index contributed by atoms with van der Waals surface area (Å²) in [5.41, 5.74) is 7.55. The lowest BCUT2D eigenvalue weighted by atomic mass is 10.2. The zero-order chi connectivity index (χ0) is 12.6. The molecule has 0 fully saturated rings. The first-order valence-electron chi connectivity index (χ1n) is 5.22. The summed E-state index contributed by atoms with van der Waals surface area (Å²) in [6.07, 6.45) is 0. The van der Waals surface area contributed by atoms with Gasteiger partial charge in [-0.3, -0.25) is 0 Å². The number of aromatic nitrogens is 2. The minimum absolute atomic E-state index is 0.306. The number of ether oxygens (including phenoxy) is 1. The van der Waals surface area contributed by atoms with E-state index in [1.54, 1.807) is 33.0 Å². The van der Waals surface area contributed by atoms with Crippen molar-refractivity contribution < 1.29 is 9.13 Å². The lowest BCUT2D eigenvalue weighted by Crippen LogP contribution is -1.97. The van der Waals surface area contributed by atoms with Crippen molar-refractivity contribution in [3.63, 3.8) is 0 Å². The number of anilines is 1. The minimum atomic E-state index is -0.306. The maximum Gasteiger partial charge on any atom is 0.241 e. The van der Waals surface area contributed by atoms with E-state index in [0.717, 1.165) is 0 Å². The Morgan fingerprint density at radius 1 is 1.35 bits per heavy atom. The Morgan fingerprint density at radius 3 is 2.59 bits per heavy atom. The molecule has 0 aliphatic carbocycles. The molecule has 0 aliphatic heterocycles. The summed E-state index contributed by atoms with van der Waals surface area (Å²) < 4.78 is 20.4. The predicted molar refractivity (Wildman–Crippen MR) is 63.6 cm³/mol. The first-order chi connectivity index (χ1) is 7.99. The topological polar surface area (TPSA) is 53.1 Å². The van der Waals surface area contributed by atoms with E-state index in [2.05, 4.69) is 5.10 Å². The van der Waals surface area contributed by atoms with Crippen LogP contribution in [0.4, 0.5) is 10.1 Å². The van der Waals surface area contributed by atoms with Crippen LogP contribution in [0.25, 0.3) is 0 Å². The SMILES string of the molecule is Cc1ccc(Oc2c(N)c(C)nn2C)cc1F. The third-order valence-corrected chi connectivity index (χ3v) is 2.57. The molecule has 0 saturated heterocycles. The summed E-state index contributed by atoms with van der Waals surface area (Å²) in [5, 5.41) is 4.12. The summed E-state index contributed by atoms with van der Waals surface area (Å²) in [5.74, 6) is 0.522. The highest BCUT2D eigenvalue weighted by Gasteiger charge is 2.12. The zero-order valence-corrected chi connectivity index (χ0v) is 9.99. The fourth-order valence-electron chi connectivity index (χ4n) is 1.52. The van der Waals surface area contributed by atoms with Crippen LogP contribution in [0.1, 0.15) is 11.3 Å². The monoisotopic (exact) mass is 235 g/mol. The molecule has 90 valence electrons. The Labute approximate surface area is 98.8 Å².